The van der Waals surface area contributed by atoms with E-state index in [0.717, 1.165) is 37.6 Å². The quantitative estimate of drug-likeness (QED) is 0.927. The van der Waals surface area contributed by atoms with Crippen molar-refractivity contribution >= 4 is 11.0 Å². The topological polar surface area (TPSA) is 42.3 Å². The fourth-order valence-electron chi connectivity index (χ4n) is 2.94. The summed E-state index contributed by atoms with van der Waals surface area (Å²) >= 11 is 0. The van der Waals surface area contributed by atoms with Crippen LogP contribution in [0.2, 0.25) is 0 Å². The Kier molecular flexibility index (Phi) is 4.24. The first-order valence-corrected chi connectivity index (χ1v) is 7.60. The highest BCUT2D eigenvalue weighted by Gasteiger charge is 2.20. The van der Waals surface area contributed by atoms with E-state index in [1.165, 1.54) is 5.52 Å². The van der Waals surface area contributed by atoms with E-state index in [-0.39, 0.29) is 12.1 Å². The van der Waals surface area contributed by atoms with Gasteiger partial charge in [-0.2, -0.15) is 0 Å². The van der Waals surface area contributed by atoms with Crippen molar-refractivity contribution in [1.29, 1.82) is 0 Å². The second kappa shape index (κ2) is 6.13. The van der Waals surface area contributed by atoms with E-state index in [2.05, 4.69) is 54.0 Å². The summed E-state index contributed by atoms with van der Waals surface area (Å²) in [7, 11) is 4.22. The minimum absolute atomic E-state index is 0.207. The lowest BCUT2D eigenvalue weighted by Crippen LogP contribution is -2.45. The van der Waals surface area contributed by atoms with E-state index in [4.69, 9.17) is 9.72 Å². The molecule has 0 radical (unpaired) electrons. The molecule has 1 N–H and O–H groups in total. The van der Waals surface area contributed by atoms with Gasteiger partial charge < -0.3 is 19.5 Å². The molecule has 1 fully saturated rings. The summed E-state index contributed by atoms with van der Waals surface area (Å²) in [5, 5.41) is 3.56. The van der Waals surface area contributed by atoms with E-state index in [1.807, 2.05) is 6.07 Å². The second-order valence-corrected chi connectivity index (χ2v) is 5.90. The average molecular weight is 288 g/mol. The van der Waals surface area contributed by atoms with Crippen LogP contribution in [0.15, 0.2) is 24.3 Å². The number of para-hydroxylation sites is 2. The van der Waals surface area contributed by atoms with Gasteiger partial charge in [-0.3, -0.25) is 0 Å². The zero-order valence-electron chi connectivity index (χ0n) is 13.0. The summed E-state index contributed by atoms with van der Waals surface area (Å²) in [4.78, 5) is 7.06. The van der Waals surface area contributed by atoms with E-state index in [0.29, 0.717) is 0 Å². The number of hydrogen-bond acceptors (Lipinski definition) is 4. The molecule has 3 rings (SSSR count). The van der Waals surface area contributed by atoms with Crippen LogP contribution in [0.5, 0.6) is 0 Å². The molecule has 0 amide bonds. The molecule has 0 bridgehead atoms. The molecular formula is C16H24N4O. The molecule has 21 heavy (non-hydrogen) atoms. The Labute approximate surface area is 125 Å². The summed E-state index contributed by atoms with van der Waals surface area (Å²) in [6, 6.07) is 8.46. The first-order chi connectivity index (χ1) is 10.1. The number of benzene rings is 1. The largest absolute Gasteiger partial charge is 0.374 e. The maximum Gasteiger partial charge on any atom is 0.126 e. The van der Waals surface area contributed by atoms with Crippen LogP contribution in [0.25, 0.3) is 11.0 Å². The molecule has 2 aromatic rings. The fraction of sp³-hybridized carbons (Fsp3) is 0.562. The zero-order chi connectivity index (χ0) is 14.8. The normalized spacial score (nSPS) is 21.8. The van der Waals surface area contributed by atoms with Crippen LogP contribution in [0.4, 0.5) is 0 Å². The van der Waals surface area contributed by atoms with Gasteiger partial charge in [0.25, 0.3) is 0 Å². The maximum absolute atomic E-state index is 5.79. The molecule has 1 aromatic carbocycles. The maximum atomic E-state index is 5.79. The van der Waals surface area contributed by atoms with Crippen molar-refractivity contribution in [1.82, 2.24) is 19.8 Å². The van der Waals surface area contributed by atoms with Gasteiger partial charge in [-0.1, -0.05) is 12.1 Å². The molecular weight excluding hydrogens is 264 g/mol. The van der Waals surface area contributed by atoms with E-state index >= 15 is 0 Å². The molecule has 0 saturated carbocycles. The van der Waals surface area contributed by atoms with Gasteiger partial charge in [-0.15, -0.1) is 0 Å². The number of hydrogen-bond donors (Lipinski definition) is 1. The Balaban J connectivity index is 1.66. The summed E-state index contributed by atoms with van der Waals surface area (Å²) < 4.78 is 7.96. The molecule has 2 heterocycles. The van der Waals surface area contributed by atoms with Gasteiger partial charge in [-0.05, 0) is 26.1 Å². The Bertz CT molecular complexity index is 609. The molecule has 5 heteroatoms. The monoisotopic (exact) mass is 288 g/mol. The summed E-state index contributed by atoms with van der Waals surface area (Å²) in [5.74, 6) is 1.07. The van der Waals surface area contributed by atoms with Crippen molar-refractivity contribution in [3.63, 3.8) is 0 Å². The van der Waals surface area contributed by atoms with Gasteiger partial charge in [0.2, 0.25) is 0 Å². The van der Waals surface area contributed by atoms with Crippen LogP contribution in [-0.2, 0) is 11.8 Å². The van der Waals surface area contributed by atoms with E-state index in [9.17, 15) is 0 Å². The number of nitrogens with one attached hydrogen (secondary N) is 1. The lowest BCUT2D eigenvalue weighted by Gasteiger charge is -2.30. The number of imidazole rings is 1. The van der Waals surface area contributed by atoms with Crippen molar-refractivity contribution in [2.24, 2.45) is 7.05 Å². The Morgan fingerprint density at radius 3 is 2.95 bits per heavy atom. The van der Waals surface area contributed by atoms with Gasteiger partial charge >= 0.3 is 0 Å². The Morgan fingerprint density at radius 2 is 2.19 bits per heavy atom. The third-order valence-electron chi connectivity index (χ3n) is 4.20. The van der Waals surface area contributed by atoms with Crippen molar-refractivity contribution in [2.75, 3.05) is 33.3 Å². The molecule has 1 aromatic heterocycles. The first kappa shape index (κ1) is 14.5. The van der Waals surface area contributed by atoms with Gasteiger partial charge in [0.15, 0.2) is 0 Å². The highest BCUT2D eigenvalue weighted by atomic mass is 16.5. The van der Waals surface area contributed by atoms with Gasteiger partial charge in [0.1, 0.15) is 5.82 Å². The molecule has 5 nitrogen and oxygen atoms in total. The summed E-state index contributed by atoms with van der Waals surface area (Å²) in [6.07, 6.45) is 0.265. The molecule has 1 aliphatic heterocycles. The van der Waals surface area contributed by atoms with Gasteiger partial charge in [0.05, 0.1) is 29.8 Å². The number of fused-ring (bicyclic) bond motifs is 1. The predicted molar refractivity (Wildman–Crippen MR) is 84.4 cm³/mol. The molecule has 114 valence electrons. The van der Waals surface area contributed by atoms with Crippen LogP contribution < -0.4 is 5.32 Å². The minimum atomic E-state index is 0.207. The smallest absolute Gasteiger partial charge is 0.126 e. The molecule has 0 spiro atoms. The molecule has 1 saturated heterocycles. The van der Waals surface area contributed by atoms with Crippen LogP contribution in [-0.4, -0.2) is 53.8 Å². The lowest BCUT2D eigenvalue weighted by molar-refractivity contribution is -0.0192. The number of ether oxygens (including phenoxy) is 1. The lowest BCUT2D eigenvalue weighted by atomic mass is 10.2. The van der Waals surface area contributed by atoms with Crippen LogP contribution in [0.1, 0.15) is 18.8 Å². The molecule has 1 aliphatic rings. The number of nitrogens with zero attached hydrogens (tertiary/aromatic N) is 3. The number of morpholine rings is 1. The highest BCUT2D eigenvalue weighted by Crippen LogP contribution is 2.19. The predicted octanol–water partition coefficient (Wildman–Crippen LogP) is 1.55. The molecule has 2 unspecified atom stereocenters. The third kappa shape index (κ3) is 3.10. The van der Waals surface area contributed by atoms with Crippen LogP contribution >= 0.6 is 0 Å². The second-order valence-electron chi connectivity index (χ2n) is 5.90. The van der Waals surface area contributed by atoms with Crippen LogP contribution in [0, 0.1) is 0 Å². The van der Waals surface area contributed by atoms with Gasteiger partial charge in [0, 0.05) is 26.7 Å². The van der Waals surface area contributed by atoms with Gasteiger partial charge in [-0.25, -0.2) is 4.98 Å². The first-order valence-electron chi connectivity index (χ1n) is 7.60. The standard InChI is InChI=1S/C16H24N4O/c1-12(17-10-13-11-19(2)8-9-21-13)16-18-14-6-4-5-7-15(14)20(16)3/h4-7,12-13,17H,8-11H2,1-3H3. The minimum Gasteiger partial charge on any atom is -0.374 e. The summed E-state index contributed by atoms with van der Waals surface area (Å²) in [6.45, 7) is 5.85. The van der Waals surface area contributed by atoms with E-state index in [1.54, 1.807) is 0 Å². The average Bonchev–Trinajstić information content (AvgIpc) is 2.83. The van der Waals surface area contributed by atoms with E-state index < -0.39 is 0 Å². The van der Waals surface area contributed by atoms with Crippen molar-refractivity contribution in [3.05, 3.63) is 30.1 Å². The highest BCUT2D eigenvalue weighted by molar-refractivity contribution is 5.75. The zero-order valence-corrected chi connectivity index (χ0v) is 13.0. The van der Waals surface area contributed by atoms with Crippen molar-refractivity contribution < 1.29 is 4.74 Å². The number of rotatable bonds is 4. The van der Waals surface area contributed by atoms with Crippen LogP contribution in [0.3, 0.4) is 0 Å². The Hall–Kier alpha value is -1.43. The third-order valence-corrected chi connectivity index (χ3v) is 4.20. The number of likely N-dealkylation sites (N-methyl/N-ethyl adjacent to an activating group) is 1. The number of aryl methyl sites for hydroxylation is 1. The Morgan fingerprint density at radius 1 is 1.38 bits per heavy atom. The fourth-order valence-corrected chi connectivity index (χ4v) is 2.94. The SMILES string of the molecule is CC(NCC1CN(C)CCO1)c1nc2ccccc2n1C. The van der Waals surface area contributed by atoms with Crippen molar-refractivity contribution in [3.8, 4) is 0 Å². The number of aromatic nitrogens is 2. The molecule has 2 atom stereocenters. The van der Waals surface area contributed by atoms with Crippen molar-refractivity contribution in [2.45, 2.75) is 19.1 Å². The molecule has 0 aliphatic carbocycles. The summed E-state index contributed by atoms with van der Waals surface area (Å²) in [5.41, 5.74) is 2.23.